The third kappa shape index (κ3) is 5.18. The predicted molar refractivity (Wildman–Crippen MR) is 116 cm³/mol. The number of alkyl halides is 6. The molecule has 0 saturated carbocycles. The van der Waals surface area contributed by atoms with Crippen LogP contribution in [0.3, 0.4) is 0 Å². The highest BCUT2D eigenvalue weighted by Gasteiger charge is 2.81. The highest BCUT2D eigenvalue weighted by Crippen LogP contribution is 2.51. The van der Waals surface area contributed by atoms with Gasteiger partial charge in [0, 0.05) is 16.4 Å². The van der Waals surface area contributed by atoms with Crippen LogP contribution in [0.1, 0.15) is 37.6 Å². The monoisotopic (exact) mass is 576 g/mol. The van der Waals surface area contributed by atoms with E-state index in [-0.39, 0.29) is 10.9 Å². The highest BCUT2D eigenvalue weighted by molar-refractivity contribution is 7.88. The summed E-state index contributed by atoms with van der Waals surface area (Å²) in [5.74, 6) is -9.82. The molecule has 0 fully saturated rings. The predicted octanol–water partition coefficient (Wildman–Crippen LogP) is 4.31. The van der Waals surface area contributed by atoms with Crippen LogP contribution < -0.4 is 4.18 Å². The summed E-state index contributed by atoms with van der Waals surface area (Å²) >= 11 is 0. The average molecular weight is 576 g/mol. The Kier molecular flexibility index (Phi) is 7.87. The first kappa shape index (κ1) is 30.5. The standard InChI is InChI=1S/C21H19F6O8S2/c1-4-18(2,3)17(29)11-15(28)13-9-10-16(14-8-6-5-7-12(13)14)35-37(33,34)21(26,27)19(22,23)20(24,25)36(30,31)32/h5-11H,4H2,1-3H3,(H,30,31,32)/p-1. The van der Waals surface area contributed by atoms with Gasteiger partial charge in [-0.3, -0.25) is 9.59 Å². The molecule has 0 spiro atoms. The van der Waals surface area contributed by atoms with Gasteiger partial charge in [0.05, 0.1) is 6.42 Å². The number of rotatable bonds is 11. The summed E-state index contributed by atoms with van der Waals surface area (Å²) < 4.78 is 142. The summed E-state index contributed by atoms with van der Waals surface area (Å²) in [5, 5.41) is -14.6. The van der Waals surface area contributed by atoms with E-state index in [4.69, 9.17) is 0 Å². The van der Waals surface area contributed by atoms with Gasteiger partial charge in [0.25, 0.3) is 0 Å². The van der Waals surface area contributed by atoms with Gasteiger partial charge in [-0.15, -0.1) is 0 Å². The number of fused-ring (bicyclic) bond motifs is 1. The Morgan fingerprint density at radius 1 is 0.892 bits per heavy atom. The summed E-state index contributed by atoms with van der Waals surface area (Å²) in [6.45, 7) is 4.83. The molecule has 8 nitrogen and oxygen atoms in total. The highest BCUT2D eigenvalue weighted by atomic mass is 32.2. The van der Waals surface area contributed by atoms with Gasteiger partial charge in [-0.2, -0.15) is 34.8 Å². The van der Waals surface area contributed by atoms with Crippen molar-refractivity contribution in [2.75, 3.05) is 0 Å². The molecule has 0 N–H and O–H groups in total. The number of hydrogen-bond acceptors (Lipinski definition) is 8. The summed E-state index contributed by atoms with van der Waals surface area (Å²) in [6, 6.07) is 6.03. The zero-order valence-corrected chi connectivity index (χ0v) is 20.7. The number of ketones is 2. The van der Waals surface area contributed by atoms with Crippen molar-refractivity contribution in [3.8, 4) is 5.75 Å². The zero-order chi connectivity index (χ0) is 28.8. The van der Waals surface area contributed by atoms with E-state index >= 15 is 0 Å². The van der Waals surface area contributed by atoms with Crippen LogP contribution in [0.2, 0.25) is 0 Å². The van der Waals surface area contributed by atoms with Crippen LogP contribution in [0.4, 0.5) is 26.3 Å². The molecule has 37 heavy (non-hydrogen) atoms. The second-order valence-electron chi connectivity index (χ2n) is 8.37. The summed E-state index contributed by atoms with van der Waals surface area (Å²) in [6.07, 6.45) is 1.12. The third-order valence-corrected chi connectivity index (χ3v) is 7.69. The Morgan fingerprint density at radius 2 is 1.41 bits per heavy atom. The fourth-order valence-corrected chi connectivity index (χ4v) is 4.21. The molecule has 2 aromatic rings. The quantitative estimate of drug-likeness (QED) is 0.127. The SMILES string of the molecule is CCC(C)(C)C(=O)[CH]C(=O)c1ccc(OS(=O)(=O)C(F)(F)C(F)(F)C(F)(F)S(=O)(=O)[O-])c2ccccc12. The fourth-order valence-electron chi connectivity index (χ4n) is 2.78. The lowest BCUT2D eigenvalue weighted by atomic mass is 9.82. The molecular weight excluding hydrogens is 558 g/mol. The van der Waals surface area contributed by atoms with E-state index in [1.807, 2.05) is 0 Å². The Balaban J connectivity index is 2.57. The number of halogens is 6. The van der Waals surface area contributed by atoms with E-state index in [0.717, 1.165) is 24.6 Å². The van der Waals surface area contributed by atoms with Gasteiger partial charge in [0.1, 0.15) is 5.78 Å². The van der Waals surface area contributed by atoms with E-state index in [1.54, 1.807) is 20.8 Å². The van der Waals surface area contributed by atoms with Gasteiger partial charge in [-0.25, -0.2) is 8.42 Å². The number of carbonyl (C=O) groups is 2. The molecule has 205 valence electrons. The van der Waals surface area contributed by atoms with Crippen LogP contribution in [0.5, 0.6) is 5.75 Å². The van der Waals surface area contributed by atoms with Gasteiger partial charge < -0.3 is 8.74 Å². The topological polar surface area (TPSA) is 135 Å². The van der Waals surface area contributed by atoms with E-state index < -0.39 is 64.8 Å². The molecule has 0 amide bonds. The Morgan fingerprint density at radius 3 is 1.89 bits per heavy atom. The number of hydrogen-bond donors (Lipinski definition) is 0. The lowest BCUT2D eigenvalue weighted by Gasteiger charge is -2.32. The Bertz CT molecular complexity index is 1450. The van der Waals surface area contributed by atoms with Crippen LogP contribution in [0, 0.1) is 11.8 Å². The van der Waals surface area contributed by atoms with E-state index in [9.17, 15) is 57.3 Å². The third-order valence-electron chi connectivity index (χ3n) is 5.52. The van der Waals surface area contributed by atoms with Crippen LogP contribution in [-0.2, 0) is 25.0 Å². The van der Waals surface area contributed by atoms with E-state index in [1.165, 1.54) is 12.1 Å². The molecule has 0 unspecified atom stereocenters. The summed E-state index contributed by atoms with van der Waals surface area (Å²) in [5.41, 5.74) is -1.17. The van der Waals surface area contributed by atoms with Crippen molar-refractivity contribution in [1.82, 2.24) is 0 Å². The minimum absolute atomic E-state index is 0.193. The van der Waals surface area contributed by atoms with Crippen LogP contribution in [0.15, 0.2) is 36.4 Å². The van der Waals surface area contributed by atoms with Crippen molar-refractivity contribution in [1.29, 1.82) is 0 Å². The summed E-state index contributed by atoms with van der Waals surface area (Å²) in [4.78, 5) is 25.1. The van der Waals surface area contributed by atoms with E-state index in [0.29, 0.717) is 12.5 Å². The van der Waals surface area contributed by atoms with Crippen molar-refractivity contribution in [3.63, 3.8) is 0 Å². The molecule has 0 aliphatic rings. The van der Waals surface area contributed by atoms with Crippen LogP contribution in [-0.4, -0.2) is 49.4 Å². The molecule has 16 heteroatoms. The van der Waals surface area contributed by atoms with Gasteiger partial charge in [-0.1, -0.05) is 45.0 Å². The lowest BCUT2D eigenvalue weighted by molar-refractivity contribution is -0.247. The normalized spacial score (nSPS) is 14.0. The molecule has 1 radical (unpaired) electrons. The molecule has 2 aromatic carbocycles. The first-order valence-corrected chi connectivity index (χ1v) is 12.8. The number of Topliss-reactive ketones (excluding diaryl/α,β-unsaturated/α-hetero) is 2. The molecule has 0 heterocycles. The number of carbonyl (C=O) groups excluding carboxylic acids is 2. The maximum atomic E-state index is 14.1. The van der Waals surface area contributed by atoms with Gasteiger partial charge >= 0.3 is 26.5 Å². The molecule has 2 rings (SSSR count). The van der Waals surface area contributed by atoms with Crippen LogP contribution in [0.25, 0.3) is 10.8 Å². The fraction of sp³-hybridized carbons (Fsp3) is 0.381. The smallest absolute Gasteiger partial charge is 0.450 e. The molecule has 0 atom stereocenters. The minimum Gasteiger partial charge on any atom is -0.743 e. The van der Waals surface area contributed by atoms with Crippen molar-refractivity contribution in [2.45, 2.75) is 43.6 Å². The van der Waals surface area contributed by atoms with Crippen LogP contribution >= 0.6 is 0 Å². The lowest BCUT2D eigenvalue weighted by Crippen LogP contribution is -2.61. The van der Waals surface area contributed by atoms with Gasteiger partial charge in [0.2, 0.25) is 0 Å². The van der Waals surface area contributed by atoms with Crippen molar-refractivity contribution in [2.24, 2.45) is 5.41 Å². The van der Waals surface area contributed by atoms with Crippen molar-refractivity contribution in [3.05, 3.63) is 48.4 Å². The van der Waals surface area contributed by atoms with Gasteiger partial charge in [0.15, 0.2) is 21.7 Å². The molecule has 0 aliphatic carbocycles. The second-order valence-corrected chi connectivity index (χ2v) is 11.4. The Hall–Kier alpha value is -2.72. The maximum Gasteiger partial charge on any atom is 0.450 e. The minimum atomic E-state index is -7.45. The molecule has 0 saturated heterocycles. The van der Waals surface area contributed by atoms with Crippen molar-refractivity contribution >= 4 is 42.6 Å². The first-order chi connectivity index (χ1) is 16.5. The first-order valence-electron chi connectivity index (χ1n) is 10.0. The molecule has 0 bridgehead atoms. The summed E-state index contributed by atoms with van der Waals surface area (Å²) in [7, 11) is -14.5. The number of benzene rings is 2. The molecule has 0 aliphatic heterocycles. The second kappa shape index (κ2) is 9.54. The van der Waals surface area contributed by atoms with E-state index in [2.05, 4.69) is 4.18 Å². The van der Waals surface area contributed by atoms with Gasteiger partial charge in [-0.05, 0) is 23.9 Å². The average Bonchev–Trinajstić information content (AvgIpc) is 2.77. The zero-order valence-electron chi connectivity index (χ0n) is 19.1. The molecular formula is C21H18F6O8S2-. The maximum absolute atomic E-state index is 14.1. The molecule has 0 aromatic heterocycles. The van der Waals surface area contributed by atoms with Crippen molar-refractivity contribution < 1.29 is 61.5 Å². The Labute approximate surface area is 207 Å². The largest absolute Gasteiger partial charge is 0.743 e.